The number of nitrogens with zero attached hydrogens (tertiary/aromatic N) is 1. The molecule has 0 saturated heterocycles. The van der Waals surface area contributed by atoms with Crippen LogP contribution in [0.1, 0.15) is 23.3 Å². The van der Waals surface area contributed by atoms with Gasteiger partial charge in [-0.3, -0.25) is 9.59 Å². The average molecular weight is 331 g/mol. The van der Waals surface area contributed by atoms with Gasteiger partial charge in [0, 0.05) is 6.42 Å². The largest absolute Gasteiger partial charge is 0.481 e. The van der Waals surface area contributed by atoms with Crippen molar-refractivity contribution in [3.8, 4) is 0 Å². The zero-order valence-corrected chi connectivity index (χ0v) is 11.3. The molecule has 1 atom stereocenters. The number of carboxylic acid groups (broad SMARTS) is 2. The Bertz CT molecular complexity index is 506. The highest BCUT2D eigenvalue weighted by molar-refractivity contribution is 9.10. The molecule has 19 heavy (non-hydrogen) atoms. The van der Waals surface area contributed by atoms with E-state index in [1.54, 1.807) is 12.1 Å². The molecule has 1 aromatic heterocycles. The Labute approximate surface area is 116 Å². The molecule has 7 nitrogen and oxygen atoms in total. The molecule has 0 aliphatic rings. The number of carboxylic acids is 2. The van der Waals surface area contributed by atoms with Crippen molar-refractivity contribution in [3.05, 3.63) is 28.5 Å². The summed E-state index contributed by atoms with van der Waals surface area (Å²) in [5, 5.41) is 19.6. The van der Waals surface area contributed by atoms with Crippen molar-refractivity contribution in [2.45, 2.75) is 18.9 Å². The molecule has 0 saturated carbocycles. The zero-order chi connectivity index (χ0) is 14.4. The highest BCUT2D eigenvalue weighted by Gasteiger charge is 2.22. The fourth-order valence-electron chi connectivity index (χ4n) is 1.29. The fourth-order valence-corrected chi connectivity index (χ4v) is 1.64. The first-order valence-corrected chi connectivity index (χ1v) is 6.07. The second kappa shape index (κ2) is 6.83. The lowest BCUT2D eigenvalue weighted by molar-refractivity contribution is -0.140. The van der Waals surface area contributed by atoms with Crippen LogP contribution in [-0.2, 0) is 9.59 Å². The number of pyridine rings is 1. The highest BCUT2D eigenvalue weighted by atomic mass is 79.9. The molecule has 0 bridgehead atoms. The summed E-state index contributed by atoms with van der Waals surface area (Å²) >= 11 is 3.09. The van der Waals surface area contributed by atoms with Gasteiger partial charge in [-0.05, 0) is 34.5 Å². The monoisotopic (exact) mass is 330 g/mol. The van der Waals surface area contributed by atoms with Gasteiger partial charge in [-0.25, -0.2) is 9.78 Å². The van der Waals surface area contributed by atoms with Crippen molar-refractivity contribution in [2.75, 3.05) is 0 Å². The van der Waals surface area contributed by atoms with E-state index < -0.39 is 23.9 Å². The van der Waals surface area contributed by atoms with Crippen LogP contribution in [0.3, 0.4) is 0 Å². The van der Waals surface area contributed by atoms with Crippen molar-refractivity contribution < 1.29 is 24.6 Å². The van der Waals surface area contributed by atoms with Gasteiger partial charge in [-0.1, -0.05) is 6.07 Å². The maximum Gasteiger partial charge on any atom is 0.326 e. The molecule has 102 valence electrons. The minimum absolute atomic E-state index is 0.0518. The summed E-state index contributed by atoms with van der Waals surface area (Å²) in [5.74, 6) is -3.08. The Morgan fingerprint density at radius 3 is 2.53 bits per heavy atom. The number of nitrogens with one attached hydrogen (secondary N) is 1. The number of carbonyl (C=O) groups is 3. The van der Waals surface area contributed by atoms with Gasteiger partial charge in [0.05, 0.1) is 0 Å². The Hall–Kier alpha value is -1.96. The van der Waals surface area contributed by atoms with E-state index in [9.17, 15) is 14.4 Å². The molecule has 3 N–H and O–H groups in total. The molecular formula is C11H11BrN2O5. The maximum atomic E-state index is 11.8. The number of rotatable bonds is 6. The molecule has 1 rings (SSSR count). The standard InChI is InChI=1S/C11H11BrN2O5/c12-8-3-1-2-6(13-8)10(17)14-7(11(18)19)4-5-9(15)16/h1-3,7H,4-5H2,(H,14,17)(H,15,16)(H,18,19)/t7-/m0/s1. The lowest BCUT2D eigenvalue weighted by atomic mass is 10.1. The van der Waals surface area contributed by atoms with E-state index in [-0.39, 0.29) is 18.5 Å². The molecule has 1 heterocycles. The van der Waals surface area contributed by atoms with Crippen LogP contribution in [0.2, 0.25) is 0 Å². The molecule has 0 fully saturated rings. The summed E-state index contributed by atoms with van der Waals surface area (Å²) in [4.78, 5) is 36.9. The van der Waals surface area contributed by atoms with Crippen molar-refractivity contribution in [2.24, 2.45) is 0 Å². The first-order valence-electron chi connectivity index (χ1n) is 5.28. The van der Waals surface area contributed by atoms with Gasteiger partial charge < -0.3 is 15.5 Å². The average Bonchev–Trinajstić information content (AvgIpc) is 2.33. The molecule has 1 amide bonds. The van der Waals surface area contributed by atoms with Gasteiger partial charge >= 0.3 is 11.9 Å². The Morgan fingerprint density at radius 2 is 2.00 bits per heavy atom. The zero-order valence-electron chi connectivity index (χ0n) is 9.67. The van der Waals surface area contributed by atoms with Crippen molar-refractivity contribution in [1.29, 1.82) is 0 Å². The molecule has 0 radical (unpaired) electrons. The molecule has 1 aromatic rings. The van der Waals surface area contributed by atoms with Crippen LogP contribution in [0.15, 0.2) is 22.8 Å². The number of hydrogen-bond acceptors (Lipinski definition) is 4. The smallest absolute Gasteiger partial charge is 0.326 e. The summed E-state index contributed by atoms with van der Waals surface area (Å²) in [6, 6.07) is 3.37. The van der Waals surface area contributed by atoms with Crippen LogP contribution in [0.4, 0.5) is 0 Å². The number of amides is 1. The number of hydrogen-bond donors (Lipinski definition) is 3. The second-order valence-electron chi connectivity index (χ2n) is 3.64. The summed E-state index contributed by atoms with van der Waals surface area (Å²) in [7, 11) is 0. The van der Waals surface area contributed by atoms with E-state index in [0.717, 1.165) is 0 Å². The van der Waals surface area contributed by atoms with Crippen LogP contribution in [0.5, 0.6) is 0 Å². The number of carbonyl (C=O) groups excluding carboxylic acids is 1. The minimum Gasteiger partial charge on any atom is -0.481 e. The molecule has 0 aliphatic heterocycles. The van der Waals surface area contributed by atoms with Crippen molar-refractivity contribution in [3.63, 3.8) is 0 Å². The van der Waals surface area contributed by atoms with Gasteiger partial charge in [0.15, 0.2) is 0 Å². The third kappa shape index (κ3) is 5.04. The Kier molecular flexibility index (Phi) is 5.43. The van der Waals surface area contributed by atoms with Gasteiger partial charge in [-0.2, -0.15) is 0 Å². The Balaban J connectivity index is 2.71. The highest BCUT2D eigenvalue weighted by Crippen LogP contribution is 2.07. The predicted octanol–water partition coefficient (Wildman–Crippen LogP) is 0.892. The molecule has 0 aliphatic carbocycles. The van der Waals surface area contributed by atoms with Gasteiger partial charge in [0.1, 0.15) is 16.3 Å². The van der Waals surface area contributed by atoms with E-state index in [0.29, 0.717) is 4.60 Å². The first kappa shape index (κ1) is 15.1. The van der Waals surface area contributed by atoms with Crippen LogP contribution in [0, 0.1) is 0 Å². The van der Waals surface area contributed by atoms with Crippen LogP contribution >= 0.6 is 15.9 Å². The summed E-state index contributed by atoms with van der Waals surface area (Å²) < 4.78 is 0.442. The Morgan fingerprint density at radius 1 is 1.32 bits per heavy atom. The van der Waals surface area contributed by atoms with Gasteiger partial charge in [0.2, 0.25) is 0 Å². The summed E-state index contributed by atoms with van der Waals surface area (Å²) in [5.41, 5.74) is 0.0518. The van der Waals surface area contributed by atoms with Gasteiger partial charge in [0.25, 0.3) is 5.91 Å². The third-order valence-corrected chi connectivity index (χ3v) is 2.64. The molecule has 0 unspecified atom stereocenters. The van der Waals surface area contributed by atoms with Crippen LogP contribution in [0.25, 0.3) is 0 Å². The lowest BCUT2D eigenvalue weighted by Gasteiger charge is -2.13. The fraction of sp³-hybridized carbons (Fsp3) is 0.273. The van der Waals surface area contributed by atoms with E-state index in [1.807, 2.05) is 0 Å². The topological polar surface area (TPSA) is 117 Å². The quantitative estimate of drug-likeness (QED) is 0.667. The van der Waals surface area contributed by atoms with E-state index in [1.165, 1.54) is 6.07 Å². The number of aliphatic carboxylic acids is 2. The van der Waals surface area contributed by atoms with Crippen molar-refractivity contribution >= 4 is 33.8 Å². The van der Waals surface area contributed by atoms with Crippen LogP contribution < -0.4 is 5.32 Å². The summed E-state index contributed by atoms with van der Waals surface area (Å²) in [6.07, 6.45) is -0.534. The summed E-state index contributed by atoms with van der Waals surface area (Å²) in [6.45, 7) is 0. The van der Waals surface area contributed by atoms with E-state index in [4.69, 9.17) is 10.2 Å². The third-order valence-electron chi connectivity index (χ3n) is 2.20. The molecule has 8 heteroatoms. The molecule has 0 spiro atoms. The van der Waals surface area contributed by atoms with Crippen LogP contribution in [-0.4, -0.2) is 39.1 Å². The predicted molar refractivity (Wildman–Crippen MR) is 67.7 cm³/mol. The normalized spacial score (nSPS) is 11.6. The maximum absolute atomic E-state index is 11.8. The van der Waals surface area contributed by atoms with Gasteiger partial charge in [-0.15, -0.1) is 0 Å². The second-order valence-corrected chi connectivity index (χ2v) is 4.45. The number of aromatic nitrogens is 1. The molecule has 0 aromatic carbocycles. The van der Waals surface area contributed by atoms with Crippen molar-refractivity contribution in [1.82, 2.24) is 10.3 Å². The lowest BCUT2D eigenvalue weighted by Crippen LogP contribution is -2.41. The molecular weight excluding hydrogens is 320 g/mol. The SMILES string of the molecule is O=C(O)CC[C@H](NC(=O)c1cccc(Br)n1)C(=O)O. The van der Waals surface area contributed by atoms with E-state index in [2.05, 4.69) is 26.2 Å². The first-order chi connectivity index (χ1) is 8.90. The van der Waals surface area contributed by atoms with E-state index >= 15 is 0 Å². The number of halogens is 1. The minimum atomic E-state index is -1.29.